The quantitative estimate of drug-likeness (QED) is 0.725. The third-order valence-corrected chi connectivity index (χ3v) is 6.77. The van der Waals surface area contributed by atoms with Gasteiger partial charge in [-0.3, -0.25) is 4.98 Å². The van der Waals surface area contributed by atoms with Crippen molar-refractivity contribution in [2.45, 2.75) is 31.7 Å². The molecular weight excluding hydrogens is 367 g/mol. The molecule has 0 bridgehead atoms. The van der Waals surface area contributed by atoms with Crippen molar-refractivity contribution >= 4 is 12.2 Å². The first-order valence-electron chi connectivity index (χ1n) is 10.5. The van der Waals surface area contributed by atoms with E-state index >= 15 is 0 Å². The summed E-state index contributed by atoms with van der Waals surface area (Å²) in [6, 6.07) is 10.6. The molecule has 4 nitrogen and oxygen atoms in total. The first kappa shape index (κ1) is 18.3. The molecule has 1 aromatic heterocycles. The molecule has 1 aromatic carbocycles. The largest absolute Gasteiger partial charge is 0.447 e. The summed E-state index contributed by atoms with van der Waals surface area (Å²) in [7, 11) is 0. The zero-order chi connectivity index (χ0) is 19.8. The second-order valence-electron chi connectivity index (χ2n) is 8.43. The van der Waals surface area contributed by atoms with Crippen LogP contribution in [0.3, 0.4) is 0 Å². The lowest BCUT2D eigenvalue weighted by atomic mass is 9.67. The second kappa shape index (κ2) is 7.62. The Labute approximate surface area is 170 Å². The molecule has 2 saturated heterocycles. The van der Waals surface area contributed by atoms with Gasteiger partial charge in [0, 0.05) is 24.2 Å². The van der Waals surface area contributed by atoms with Gasteiger partial charge < -0.3 is 9.64 Å². The van der Waals surface area contributed by atoms with Crippen LogP contribution in [0, 0.1) is 23.6 Å². The van der Waals surface area contributed by atoms with Crippen molar-refractivity contribution in [2.24, 2.45) is 17.8 Å². The average Bonchev–Trinajstić information content (AvgIpc) is 3.12. The van der Waals surface area contributed by atoms with E-state index in [0.29, 0.717) is 24.4 Å². The van der Waals surface area contributed by atoms with Crippen molar-refractivity contribution in [1.82, 2.24) is 9.88 Å². The third-order valence-electron chi connectivity index (χ3n) is 6.77. The van der Waals surface area contributed by atoms with E-state index in [-0.39, 0.29) is 18.0 Å². The molecule has 150 valence electrons. The summed E-state index contributed by atoms with van der Waals surface area (Å²) in [4.78, 5) is 18.6. The number of carbonyl (C=O) groups is 1. The Morgan fingerprint density at radius 1 is 1.17 bits per heavy atom. The molecule has 0 spiro atoms. The maximum atomic E-state index is 13.5. The van der Waals surface area contributed by atoms with Gasteiger partial charge in [0.15, 0.2) is 0 Å². The highest BCUT2D eigenvalue weighted by Gasteiger charge is 2.48. The number of amides is 1. The number of hydrogen-bond acceptors (Lipinski definition) is 3. The molecule has 2 aromatic rings. The van der Waals surface area contributed by atoms with E-state index in [2.05, 4.69) is 17.1 Å². The minimum absolute atomic E-state index is 0.151. The van der Waals surface area contributed by atoms with Crippen LogP contribution in [0.4, 0.5) is 9.18 Å². The Morgan fingerprint density at radius 2 is 2.07 bits per heavy atom. The lowest BCUT2D eigenvalue weighted by Crippen LogP contribution is -2.52. The molecule has 1 amide bonds. The van der Waals surface area contributed by atoms with E-state index in [1.165, 1.54) is 37.8 Å². The van der Waals surface area contributed by atoms with Gasteiger partial charge in [-0.15, -0.1) is 0 Å². The second-order valence-corrected chi connectivity index (χ2v) is 8.43. The maximum Gasteiger partial charge on any atom is 0.410 e. The molecule has 0 N–H and O–H groups in total. The van der Waals surface area contributed by atoms with Gasteiger partial charge in [0.25, 0.3) is 0 Å². The maximum absolute atomic E-state index is 13.5. The minimum Gasteiger partial charge on any atom is -0.447 e. The van der Waals surface area contributed by atoms with E-state index in [1.807, 2.05) is 29.3 Å². The van der Waals surface area contributed by atoms with Gasteiger partial charge in [-0.25, -0.2) is 9.18 Å². The number of aromatic nitrogens is 1. The van der Waals surface area contributed by atoms with E-state index in [9.17, 15) is 9.18 Å². The fourth-order valence-corrected chi connectivity index (χ4v) is 5.32. The highest BCUT2D eigenvalue weighted by atomic mass is 19.1. The lowest BCUT2D eigenvalue weighted by Gasteiger charge is -2.46. The third kappa shape index (κ3) is 3.54. The lowest BCUT2D eigenvalue weighted by molar-refractivity contribution is 0.0472. The van der Waals surface area contributed by atoms with E-state index in [0.717, 1.165) is 23.4 Å². The van der Waals surface area contributed by atoms with Crippen molar-refractivity contribution in [3.05, 3.63) is 60.1 Å². The van der Waals surface area contributed by atoms with Crippen LogP contribution >= 0.6 is 0 Å². The van der Waals surface area contributed by atoms with Crippen molar-refractivity contribution < 1.29 is 13.9 Å². The molecule has 0 radical (unpaired) electrons. The number of nitrogens with zero attached hydrogens (tertiary/aromatic N) is 2. The Kier molecular flexibility index (Phi) is 4.82. The molecule has 4 atom stereocenters. The Bertz CT molecular complexity index is 927. The molecule has 5 rings (SSSR count). The molecule has 3 fully saturated rings. The molecule has 1 saturated carbocycles. The van der Waals surface area contributed by atoms with Gasteiger partial charge in [0.1, 0.15) is 12.4 Å². The molecule has 5 heteroatoms. The molecule has 3 unspecified atom stereocenters. The van der Waals surface area contributed by atoms with Crippen LogP contribution in [-0.2, 0) is 4.74 Å². The minimum atomic E-state index is -0.259. The number of fused-ring (bicyclic) bond motifs is 2. The van der Waals surface area contributed by atoms with Crippen LogP contribution in [0.2, 0.25) is 0 Å². The number of ether oxygens (including phenoxy) is 1. The average molecular weight is 392 g/mol. The zero-order valence-electron chi connectivity index (χ0n) is 16.3. The zero-order valence-corrected chi connectivity index (χ0v) is 16.3. The molecular formula is C24H25FN2O2. The van der Waals surface area contributed by atoms with Crippen molar-refractivity contribution in [1.29, 1.82) is 0 Å². The fraction of sp³-hybridized carbons (Fsp3) is 0.417. The number of hydrogen-bond donors (Lipinski definition) is 0. The highest BCUT2D eigenvalue weighted by Crippen LogP contribution is 2.44. The van der Waals surface area contributed by atoms with Gasteiger partial charge in [0.05, 0.1) is 11.7 Å². The summed E-state index contributed by atoms with van der Waals surface area (Å²) in [5, 5.41) is 0. The van der Waals surface area contributed by atoms with Crippen molar-refractivity contribution in [3.8, 4) is 11.3 Å². The predicted octanol–water partition coefficient (Wildman–Crippen LogP) is 5.16. The number of carbonyl (C=O) groups excluding carboxylic acids is 1. The van der Waals surface area contributed by atoms with Crippen molar-refractivity contribution in [2.75, 3.05) is 13.2 Å². The van der Waals surface area contributed by atoms with Gasteiger partial charge in [0.2, 0.25) is 0 Å². The highest BCUT2D eigenvalue weighted by molar-refractivity contribution is 5.70. The van der Waals surface area contributed by atoms with Crippen LogP contribution in [0.1, 0.15) is 31.2 Å². The Hall–Kier alpha value is -2.69. The summed E-state index contributed by atoms with van der Waals surface area (Å²) < 4.78 is 18.8. The van der Waals surface area contributed by atoms with Crippen LogP contribution in [-0.4, -0.2) is 35.2 Å². The first-order chi connectivity index (χ1) is 14.2. The predicted molar refractivity (Wildman–Crippen MR) is 109 cm³/mol. The number of rotatable bonds is 3. The van der Waals surface area contributed by atoms with Crippen LogP contribution in [0.25, 0.3) is 17.3 Å². The number of piperidine rings is 1. The Morgan fingerprint density at radius 3 is 2.90 bits per heavy atom. The van der Waals surface area contributed by atoms with Gasteiger partial charge in [-0.2, -0.15) is 0 Å². The number of pyridine rings is 1. The molecule has 2 aliphatic heterocycles. The summed E-state index contributed by atoms with van der Waals surface area (Å²) in [5.74, 6) is 1.26. The molecule has 3 aliphatic rings. The standard InChI is InChI=1S/C24H25FN2O2/c25-19-6-3-5-17(12-19)22-11-9-16(13-26-22)8-10-21-20-7-2-1-4-18(20)14-27-23(21)15-29-24(27)28/h3,5-6,8-13,18,20-21,23H,1-2,4,7,14-15H2/b10-8+/t18?,20?,21?,23-/m1/s1. The van der Waals surface area contributed by atoms with E-state index in [4.69, 9.17) is 4.74 Å². The molecule has 1 aliphatic carbocycles. The monoisotopic (exact) mass is 392 g/mol. The van der Waals surface area contributed by atoms with Gasteiger partial charge in [-0.05, 0) is 48.4 Å². The number of cyclic esters (lactones) is 1. The smallest absolute Gasteiger partial charge is 0.410 e. The van der Waals surface area contributed by atoms with Crippen molar-refractivity contribution in [3.63, 3.8) is 0 Å². The Balaban J connectivity index is 1.37. The summed E-state index contributed by atoms with van der Waals surface area (Å²) in [5.41, 5.74) is 2.54. The topological polar surface area (TPSA) is 42.4 Å². The van der Waals surface area contributed by atoms with E-state index < -0.39 is 0 Å². The van der Waals surface area contributed by atoms with E-state index in [1.54, 1.807) is 6.07 Å². The molecule has 3 heterocycles. The van der Waals surface area contributed by atoms with Gasteiger partial charge in [-0.1, -0.05) is 43.2 Å². The summed E-state index contributed by atoms with van der Waals surface area (Å²) in [6.45, 7) is 1.34. The van der Waals surface area contributed by atoms with Crippen LogP contribution in [0.15, 0.2) is 48.7 Å². The first-order valence-corrected chi connectivity index (χ1v) is 10.5. The van der Waals surface area contributed by atoms with Crippen LogP contribution < -0.4 is 0 Å². The number of halogens is 1. The van der Waals surface area contributed by atoms with Crippen LogP contribution in [0.5, 0.6) is 0 Å². The SMILES string of the molecule is O=C1OC[C@@H]2C(/C=C/c3ccc(-c4cccc(F)c4)nc3)C3CCCCC3CN12. The normalized spacial score (nSPS) is 28.9. The summed E-state index contributed by atoms with van der Waals surface area (Å²) >= 11 is 0. The number of benzene rings is 1. The molecule has 29 heavy (non-hydrogen) atoms. The fourth-order valence-electron chi connectivity index (χ4n) is 5.32. The summed E-state index contributed by atoms with van der Waals surface area (Å²) in [6.07, 6.45) is 11.0. The van der Waals surface area contributed by atoms with Gasteiger partial charge >= 0.3 is 6.09 Å².